The van der Waals surface area contributed by atoms with Crippen molar-refractivity contribution in [2.24, 2.45) is 5.41 Å². The van der Waals surface area contributed by atoms with Gasteiger partial charge in [-0.25, -0.2) is 9.37 Å². The van der Waals surface area contributed by atoms with Crippen molar-refractivity contribution in [1.29, 1.82) is 0 Å². The number of carbonyl (C=O) groups excluding carboxylic acids is 2. The summed E-state index contributed by atoms with van der Waals surface area (Å²) in [5, 5.41) is 0. The summed E-state index contributed by atoms with van der Waals surface area (Å²) in [6.45, 7) is 7.11. The number of aromatic nitrogens is 2. The van der Waals surface area contributed by atoms with Crippen molar-refractivity contribution in [3.63, 3.8) is 0 Å². The zero-order chi connectivity index (χ0) is 30.1. The molecule has 0 spiro atoms. The summed E-state index contributed by atoms with van der Waals surface area (Å²) in [5.74, 6) is -1.55. The molecule has 42 heavy (non-hydrogen) atoms. The fraction of sp³-hybridized carbons (Fsp3) is 0.467. The molecular formula is C30H33F4N5O3. The molecule has 2 aromatic heterocycles. The first kappa shape index (κ1) is 29.5. The average Bonchev–Trinajstić information content (AvgIpc) is 3.41. The number of piperidine rings is 1. The number of anilines is 2. The van der Waals surface area contributed by atoms with Crippen LogP contribution in [0.25, 0.3) is 0 Å². The van der Waals surface area contributed by atoms with Gasteiger partial charge in [-0.05, 0) is 41.5 Å². The number of hydrogen-bond acceptors (Lipinski definition) is 7. The summed E-state index contributed by atoms with van der Waals surface area (Å²) in [5.41, 5.74) is -0.425. The van der Waals surface area contributed by atoms with Crippen molar-refractivity contribution >= 4 is 23.5 Å². The molecule has 0 unspecified atom stereocenters. The van der Waals surface area contributed by atoms with Gasteiger partial charge in [0.25, 0.3) is 6.01 Å². The number of rotatable bonds is 7. The number of piperazine rings is 1. The second-order valence-electron chi connectivity index (χ2n) is 11.6. The number of hydrogen-bond donors (Lipinski definition) is 0. The zero-order valence-corrected chi connectivity index (χ0v) is 23.6. The summed E-state index contributed by atoms with van der Waals surface area (Å²) in [4.78, 5) is 39.0. The van der Waals surface area contributed by atoms with Crippen LogP contribution in [0.15, 0.2) is 47.0 Å². The van der Waals surface area contributed by atoms with E-state index in [1.54, 1.807) is 40.1 Å². The number of ketones is 1. The number of nitrogens with zero attached hydrogens (tertiary/aromatic N) is 5. The lowest BCUT2D eigenvalue weighted by Gasteiger charge is -2.35. The van der Waals surface area contributed by atoms with Crippen LogP contribution in [0.1, 0.15) is 54.1 Å². The molecular weight excluding hydrogens is 554 g/mol. The molecule has 2 aliphatic heterocycles. The van der Waals surface area contributed by atoms with E-state index in [0.717, 1.165) is 12.8 Å². The highest BCUT2D eigenvalue weighted by molar-refractivity contribution is 5.96. The largest absolute Gasteiger partial charge is 0.437 e. The van der Waals surface area contributed by atoms with Crippen molar-refractivity contribution in [3.8, 4) is 0 Å². The lowest BCUT2D eigenvalue weighted by Crippen LogP contribution is -2.49. The van der Waals surface area contributed by atoms with Gasteiger partial charge in [0.15, 0.2) is 5.69 Å². The molecule has 0 aliphatic carbocycles. The normalized spacial score (nSPS) is 17.4. The minimum absolute atomic E-state index is 0.00735. The van der Waals surface area contributed by atoms with Gasteiger partial charge in [0.05, 0.1) is 6.42 Å². The Morgan fingerprint density at radius 3 is 2.24 bits per heavy atom. The lowest BCUT2D eigenvalue weighted by atomic mass is 9.83. The van der Waals surface area contributed by atoms with Gasteiger partial charge >= 0.3 is 6.18 Å². The van der Waals surface area contributed by atoms with Crippen LogP contribution >= 0.6 is 0 Å². The maximum atomic E-state index is 13.9. The van der Waals surface area contributed by atoms with Crippen molar-refractivity contribution < 1.29 is 31.6 Å². The van der Waals surface area contributed by atoms with Gasteiger partial charge in [0.1, 0.15) is 11.6 Å². The summed E-state index contributed by atoms with van der Waals surface area (Å²) < 4.78 is 60.6. The van der Waals surface area contributed by atoms with Gasteiger partial charge in [-0.1, -0.05) is 38.1 Å². The lowest BCUT2D eigenvalue weighted by molar-refractivity contribution is -0.141. The first-order chi connectivity index (χ1) is 19.9. The second kappa shape index (κ2) is 11.7. The number of alkyl halides is 3. The molecule has 2 aliphatic rings. The van der Waals surface area contributed by atoms with E-state index in [9.17, 15) is 27.2 Å². The zero-order valence-electron chi connectivity index (χ0n) is 23.6. The van der Waals surface area contributed by atoms with Crippen LogP contribution < -0.4 is 9.80 Å². The van der Waals surface area contributed by atoms with Crippen LogP contribution in [-0.2, 0) is 23.8 Å². The number of amides is 1. The smallest absolute Gasteiger partial charge is 0.420 e. The van der Waals surface area contributed by atoms with Gasteiger partial charge in [-0.3, -0.25) is 9.59 Å². The number of carbonyl (C=O) groups is 2. The van der Waals surface area contributed by atoms with Gasteiger partial charge in [0.2, 0.25) is 17.5 Å². The van der Waals surface area contributed by atoms with Crippen LogP contribution in [0.2, 0.25) is 0 Å². The maximum absolute atomic E-state index is 13.9. The summed E-state index contributed by atoms with van der Waals surface area (Å²) in [7, 11) is 0. The molecule has 4 heterocycles. The van der Waals surface area contributed by atoms with Crippen molar-refractivity contribution in [2.75, 3.05) is 49.1 Å². The topological polar surface area (TPSA) is 82.8 Å². The highest BCUT2D eigenvalue weighted by Crippen LogP contribution is 2.37. The molecule has 224 valence electrons. The standard InChI is InChI=1S/C30H33F4N5O3/c1-29(2)9-11-39(12-10-29)28-36-27(30(32,33)34)26(42-28)23(40)17-20-7-8-24(35-19-20)37-13-15-38(16-14-37)25(41)18-21-5-3-4-6-22(21)31/h3-8,19H,9-18H2,1-2H3. The molecule has 2 fully saturated rings. The molecule has 0 radical (unpaired) electrons. The quantitative estimate of drug-likeness (QED) is 0.279. The minimum Gasteiger partial charge on any atom is -0.420 e. The van der Waals surface area contributed by atoms with Gasteiger partial charge in [-0.2, -0.15) is 18.2 Å². The van der Waals surface area contributed by atoms with E-state index in [2.05, 4.69) is 23.8 Å². The van der Waals surface area contributed by atoms with E-state index >= 15 is 0 Å². The van der Waals surface area contributed by atoms with E-state index < -0.39 is 29.2 Å². The van der Waals surface area contributed by atoms with E-state index in [1.807, 2.05) is 4.90 Å². The predicted octanol–water partition coefficient (Wildman–Crippen LogP) is 5.17. The number of halogens is 4. The average molecular weight is 588 g/mol. The Hall–Kier alpha value is -3.96. The highest BCUT2D eigenvalue weighted by atomic mass is 19.4. The molecule has 3 aromatic rings. The summed E-state index contributed by atoms with van der Waals surface area (Å²) in [6.07, 6.45) is -2.15. The highest BCUT2D eigenvalue weighted by Gasteiger charge is 2.42. The molecule has 1 amide bonds. The third-order valence-corrected chi connectivity index (χ3v) is 7.95. The molecule has 0 saturated carbocycles. The SMILES string of the molecule is CC1(C)CCN(c2nc(C(F)(F)F)c(C(=O)Cc3ccc(N4CCN(C(=O)Cc5ccccc5F)CC4)nc3)o2)CC1. The Kier molecular flexibility index (Phi) is 8.25. The minimum atomic E-state index is -4.83. The molecule has 8 nitrogen and oxygen atoms in total. The van der Waals surface area contributed by atoms with E-state index in [-0.39, 0.29) is 30.2 Å². The van der Waals surface area contributed by atoms with E-state index in [4.69, 9.17) is 4.42 Å². The fourth-order valence-electron chi connectivity index (χ4n) is 5.20. The van der Waals surface area contributed by atoms with Crippen LogP contribution in [0.4, 0.5) is 29.4 Å². The van der Waals surface area contributed by atoms with Crippen molar-refractivity contribution in [3.05, 3.63) is 71.0 Å². The monoisotopic (exact) mass is 587 g/mol. The molecule has 12 heteroatoms. The predicted molar refractivity (Wildman–Crippen MR) is 148 cm³/mol. The van der Waals surface area contributed by atoms with Crippen molar-refractivity contribution in [2.45, 2.75) is 45.7 Å². The Balaban J connectivity index is 1.19. The first-order valence-electron chi connectivity index (χ1n) is 14.0. The van der Waals surface area contributed by atoms with Crippen LogP contribution in [0, 0.1) is 11.2 Å². The molecule has 1 aromatic carbocycles. The number of Topliss-reactive ketones (excluding diaryl/α,β-unsaturated/α-hetero) is 1. The third kappa shape index (κ3) is 6.74. The van der Waals surface area contributed by atoms with Gasteiger partial charge in [0, 0.05) is 51.9 Å². The third-order valence-electron chi connectivity index (χ3n) is 7.95. The van der Waals surface area contributed by atoms with Crippen LogP contribution in [0.3, 0.4) is 0 Å². The van der Waals surface area contributed by atoms with Crippen molar-refractivity contribution in [1.82, 2.24) is 14.9 Å². The molecule has 2 saturated heterocycles. The Bertz CT molecular complexity index is 1420. The molecule has 0 atom stereocenters. The Morgan fingerprint density at radius 2 is 1.62 bits per heavy atom. The van der Waals surface area contributed by atoms with Crippen LogP contribution in [0.5, 0.6) is 0 Å². The molecule has 0 N–H and O–H groups in total. The van der Waals surface area contributed by atoms with Gasteiger partial charge in [-0.15, -0.1) is 0 Å². The first-order valence-corrected chi connectivity index (χ1v) is 14.0. The fourth-order valence-corrected chi connectivity index (χ4v) is 5.20. The number of pyridine rings is 1. The van der Waals surface area contributed by atoms with Gasteiger partial charge < -0.3 is 19.1 Å². The summed E-state index contributed by atoms with van der Waals surface area (Å²) >= 11 is 0. The Labute approximate surface area is 241 Å². The van der Waals surface area contributed by atoms with E-state index in [0.29, 0.717) is 56.2 Å². The summed E-state index contributed by atoms with van der Waals surface area (Å²) in [6, 6.07) is 9.37. The number of benzene rings is 1. The maximum Gasteiger partial charge on any atom is 0.437 e. The molecule has 0 bridgehead atoms. The number of oxazole rings is 1. The van der Waals surface area contributed by atoms with E-state index in [1.165, 1.54) is 12.3 Å². The molecule has 5 rings (SSSR count). The second-order valence-corrected chi connectivity index (χ2v) is 11.6. The van der Waals surface area contributed by atoms with Crippen LogP contribution in [-0.4, -0.2) is 65.8 Å². The Morgan fingerprint density at radius 1 is 0.929 bits per heavy atom.